The van der Waals surface area contributed by atoms with E-state index in [9.17, 15) is 0 Å². The van der Waals surface area contributed by atoms with Crippen molar-refractivity contribution in [2.75, 3.05) is 12.8 Å². The maximum Gasteiger partial charge on any atom is 0.129 e. The Hall–Kier alpha value is -1.79. The minimum absolute atomic E-state index is 0.641. The van der Waals surface area contributed by atoms with Gasteiger partial charge in [-0.1, -0.05) is 12.1 Å². The summed E-state index contributed by atoms with van der Waals surface area (Å²) >= 11 is 5.13. The van der Waals surface area contributed by atoms with E-state index in [1.165, 1.54) is 0 Å². The first kappa shape index (κ1) is 14.2. The van der Waals surface area contributed by atoms with Gasteiger partial charge in [0.15, 0.2) is 0 Å². The lowest BCUT2D eigenvalue weighted by Crippen LogP contribution is -1.98. The van der Waals surface area contributed by atoms with Gasteiger partial charge in [0.05, 0.1) is 21.3 Å². The minimum Gasteiger partial charge on any atom is -0.497 e. The van der Waals surface area contributed by atoms with E-state index in [4.69, 9.17) is 10.5 Å². The van der Waals surface area contributed by atoms with E-state index in [-0.39, 0.29) is 0 Å². The first-order valence-electron chi connectivity index (χ1n) is 6.32. The molecule has 0 saturated carbocycles. The van der Waals surface area contributed by atoms with E-state index in [0.29, 0.717) is 5.82 Å². The van der Waals surface area contributed by atoms with Gasteiger partial charge in [-0.25, -0.2) is 0 Å². The lowest BCUT2D eigenvalue weighted by Gasteiger charge is -2.05. The number of aryl methyl sites for hydroxylation is 1. The van der Waals surface area contributed by atoms with Crippen LogP contribution >= 0.6 is 27.3 Å². The van der Waals surface area contributed by atoms with Crippen molar-refractivity contribution in [2.45, 2.75) is 0 Å². The summed E-state index contributed by atoms with van der Waals surface area (Å²) in [6.07, 6.45) is 0. The van der Waals surface area contributed by atoms with Crippen LogP contribution in [0.3, 0.4) is 0 Å². The number of hydrogen-bond acceptors (Lipinski definition) is 4. The van der Waals surface area contributed by atoms with E-state index in [1.807, 2.05) is 43.4 Å². The van der Waals surface area contributed by atoms with Gasteiger partial charge in [-0.2, -0.15) is 5.10 Å². The van der Waals surface area contributed by atoms with Crippen LogP contribution in [0.2, 0.25) is 0 Å². The van der Waals surface area contributed by atoms with Crippen molar-refractivity contribution in [3.63, 3.8) is 0 Å². The van der Waals surface area contributed by atoms with Crippen molar-refractivity contribution < 1.29 is 4.74 Å². The second kappa shape index (κ2) is 5.54. The fourth-order valence-electron chi connectivity index (χ4n) is 2.21. The van der Waals surface area contributed by atoms with Crippen molar-refractivity contribution in [1.82, 2.24) is 9.78 Å². The normalized spacial score (nSPS) is 10.8. The molecule has 1 aromatic carbocycles. The molecule has 108 valence electrons. The Balaban J connectivity index is 2.21. The summed E-state index contributed by atoms with van der Waals surface area (Å²) in [4.78, 5) is 1.08. The van der Waals surface area contributed by atoms with Crippen LogP contribution in [0.1, 0.15) is 0 Å². The maximum absolute atomic E-state index is 6.22. The first-order valence-corrected chi connectivity index (χ1v) is 7.93. The van der Waals surface area contributed by atoms with Crippen molar-refractivity contribution in [3.05, 3.63) is 40.2 Å². The van der Waals surface area contributed by atoms with Crippen LogP contribution in [0.25, 0.3) is 21.7 Å². The lowest BCUT2D eigenvalue weighted by molar-refractivity contribution is 0.415. The number of nitrogen functional groups attached to an aromatic ring is 1. The molecule has 0 aliphatic heterocycles. The highest BCUT2D eigenvalue weighted by Crippen LogP contribution is 2.40. The molecule has 0 aliphatic rings. The Morgan fingerprint density at radius 3 is 2.76 bits per heavy atom. The van der Waals surface area contributed by atoms with E-state index >= 15 is 0 Å². The fourth-order valence-corrected chi connectivity index (χ4v) is 3.59. The van der Waals surface area contributed by atoms with Crippen LogP contribution in [0.5, 0.6) is 5.75 Å². The quantitative estimate of drug-likeness (QED) is 0.759. The summed E-state index contributed by atoms with van der Waals surface area (Å²) in [5.74, 6) is 1.44. The monoisotopic (exact) mass is 363 g/mol. The zero-order chi connectivity index (χ0) is 15.0. The molecule has 0 spiro atoms. The van der Waals surface area contributed by atoms with Gasteiger partial charge < -0.3 is 10.5 Å². The van der Waals surface area contributed by atoms with Gasteiger partial charge in [-0.3, -0.25) is 4.68 Å². The smallest absolute Gasteiger partial charge is 0.129 e. The summed E-state index contributed by atoms with van der Waals surface area (Å²) in [6, 6.07) is 11.9. The van der Waals surface area contributed by atoms with Crippen molar-refractivity contribution in [3.8, 4) is 27.4 Å². The zero-order valence-electron chi connectivity index (χ0n) is 11.6. The molecule has 2 heterocycles. The molecule has 2 aromatic heterocycles. The molecule has 0 amide bonds. The highest BCUT2D eigenvalue weighted by atomic mass is 79.9. The highest BCUT2D eigenvalue weighted by molar-refractivity contribution is 9.11. The third-order valence-corrected chi connectivity index (χ3v) is 4.89. The SMILES string of the molecule is COc1cccc(-c2c(-c3ccc(Br)s3)nn(C)c2N)c1. The highest BCUT2D eigenvalue weighted by Gasteiger charge is 2.19. The number of benzene rings is 1. The number of nitrogens with two attached hydrogens (primary N) is 1. The molecule has 2 N–H and O–H groups in total. The molecule has 3 aromatic rings. The topological polar surface area (TPSA) is 53.1 Å². The summed E-state index contributed by atoms with van der Waals surface area (Å²) in [5, 5.41) is 4.57. The standard InChI is InChI=1S/C15H14BrN3OS/c1-19-15(17)13(9-4-3-5-10(8-9)20-2)14(18-19)11-6-7-12(16)21-11/h3-8H,17H2,1-2H3. The number of rotatable bonds is 3. The predicted octanol–water partition coefficient (Wildman–Crippen LogP) is 4.17. The molecule has 0 aliphatic carbocycles. The molecule has 0 fully saturated rings. The summed E-state index contributed by atoms with van der Waals surface area (Å²) in [7, 11) is 3.51. The maximum atomic E-state index is 6.22. The molecule has 21 heavy (non-hydrogen) atoms. The van der Waals surface area contributed by atoms with E-state index in [0.717, 1.165) is 31.2 Å². The number of aromatic nitrogens is 2. The number of halogens is 1. The van der Waals surface area contributed by atoms with Gasteiger partial charge in [-0.05, 0) is 45.8 Å². The van der Waals surface area contributed by atoms with E-state index in [1.54, 1.807) is 23.1 Å². The third kappa shape index (κ3) is 2.56. The van der Waals surface area contributed by atoms with Crippen LogP contribution in [0.15, 0.2) is 40.2 Å². The minimum atomic E-state index is 0.641. The molecular weight excluding hydrogens is 350 g/mol. The van der Waals surface area contributed by atoms with Crippen molar-refractivity contribution in [2.24, 2.45) is 7.05 Å². The number of anilines is 1. The van der Waals surface area contributed by atoms with E-state index < -0.39 is 0 Å². The average Bonchev–Trinajstić information content (AvgIpc) is 3.04. The second-order valence-electron chi connectivity index (χ2n) is 4.57. The van der Waals surface area contributed by atoms with Gasteiger partial charge in [-0.15, -0.1) is 11.3 Å². The molecular formula is C15H14BrN3OS. The Morgan fingerprint density at radius 1 is 1.29 bits per heavy atom. The van der Waals surface area contributed by atoms with Crippen LogP contribution in [0.4, 0.5) is 5.82 Å². The van der Waals surface area contributed by atoms with Crippen molar-refractivity contribution in [1.29, 1.82) is 0 Å². The van der Waals surface area contributed by atoms with Crippen LogP contribution in [-0.2, 0) is 7.05 Å². The van der Waals surface area contributed by atoms with Crippen LogP contribution in [-0.4, -0.2) is 16.9 Å². The Morgan fingerprint density at radius 2 is 2.10 bits per heavy atom. The van der Waals surface area contributed by atoms with Crippen LogP contribution in [0, 0.1) is 0 Å². The van der Waals surface area contributed by atoms with Gasteiger partial charge >= 0.3 is 0 Å². The van der Waals surface area contributed by atoms with E-state index in [2.05, 4.69) is 21.0 Å². The molecule has 0 saturated heterocycles. The molecule has 6 heteroatoms. The van der Waals surface area contributed by atoms with Gasteiger partial charge in [0, 0.05) is 7.05 Å². The number of ether oxygens (including phenoxy) is 1. The summed E-state index contributed by atoms with van der Waals surface area (Å²) in [6.45, 7) is 0. The molecule has 0 radical (unpaired) electrons. The molecule has 0 unspecified atom stereocenters. The summed E-state index contributed by atoms with van der Waals surface area (Å²) < 4.78 is 8.07. The predicted molar refractivity (Wildman–Crippen MR) is 90.6 cm³/mol. The molecule has 3 rings (SSSR count). The third-order valence-electron chi connectivity index (χ3n) is 3.26. The van der Waals surface area contributed by atoms with Gasteiger partial charge in [0.25, 0.3) is 0 Å². The van der Waals surface area contributed by atoms with Crippen LogP contribution < -0.4 is 10.5 Å². The fraction of sp³-hybridized carbons (Fsp3) is 0.133. The van der Waals surface area contributed by atoms with Crippen molar-refractivity contribution >= 4 is 33.1 Å². The number of nitrogens with zero attached hydrogens (tertiary/aromatic N) is 2. The number of methoxy groups -OCH3 is 1. The Bertz CT molecular complexity index is 794. The Kier molecular flexibility index (Phi) is 3.73. The Labute approximate surface area is 135 Å². The molecule has 4 nitrogen and oxygen atoms in total. The number of thiophene rings is 1. The first-order chi connectivity index (χ1) is 10.1. The largest absolute Gasteiger partial charge is 0.497 e. The summed E-state index contributed by atoms with van der Waals surface area (Å²) in [5.41, 5.74) is 9.05. The number of hydrogen-bond donors (Lipinski definition) is 1. The second-order valence-corrected chi connectivity index (χ2v) is 7.03. The zero-order valence-corrected chi connectivity index (χ0v) is 14.0. The average molecular weight is 364 g/mol. The lowest BCUT2D eigenvalue weighted by atomic mass is 10.0. The molecule has 0 bridgehead atoms. The van der Waals surface area contributed by atoms with Gasteiger partial charge in [0.1, 0.15) is 17.3 Å². The molecule has 0 atom stereocenters. The van der Waals surface area contributed by atoms with Gasteiger partial charge in [0.2, 0.25) is 0 Å².